The van der Waals surface area contributed by atoms with Gasteiger partial charge in [-0.25, -0.2) is 0 Å². The minimum absolute atomic E-state index is 0.865. The highest BCUT2D eigenvalue weighted by atomic mass is 14.9. The highest BCUT2D eigenvalue weighted by Crippen LogP contribution is 2.36. The quantitative estimate of drug-likeness (QED) is 0.807. The van der Waals surface area contributed by atoms with Crippen LogP contribution in [0.5, 0.6) is 0 Å². The summed E-state index contributed by atoms with van der Waals surface area (Å²) in [5.41, 5.74) is 1.51. The maximum absolute atomic E-state index is 3.77. The SMILES string of the molecule is CC1CCC(CNC2CC2)C(CCc2ccccc2)C1. The normalized spacial score (nSPS) is 30.4. The van der Waals surface area contributed by atoms with Crippen LogP contribution in [0.4, 0.5) is 0 Å². The Hall–Kier alpha value is -0.820. The van der Waals surface area contributed by atoms with E-state index in [-0.39, 0.29) is 0 Å². The maximum Gasteiger partial charge on any atom is 0.00683 e. The fourth-order valence-electron chi connectivity index (χ4n) is 3.79. The summed E-state index contributed by atoms with van der Waals surface area (Å²) in [5.74, 6) is 2.80. The van der Waals surface area contributed by atoms with Crippen LogP contribution in [-0.2, 0) is 6.42 Å². The van der Waals surface area contributed by atoms with Crippen LogP contribution >= 0.6 is 0 Å². The molecule has 3 atom stereocenters. The number of hydrogen-bond donors (Lipinski definition) is 1. The second kappa shape index (κ2) is 6.76. The molecule has 110 valence electrons. The van der Waals surface area contributed by atoms with Gasteiger partial charge in [0.25, 0.3) is 0 Å². The van der Waals surface area contributed by atoms with Crippen LogP contribution in [0, 0.1) is 17.8 Å². The fourth-order valence-corrected chi connectivity index (χ4v) is 3.79. The highest BCUT2D eigenvalue weighted by Gasteiger charge is 2.30. The Labute approximate surface area is 124 Å². The van der Waals surface area contributed by atoms with Crippen molar-refractivity contribution in [1.29, 1.82) is 0 Å². The summed E-state index contributed by atoms with van der Waals surface area (Å²) in [6.07, 6.45) is 9.81. The Bertz CT molecular complexity index is 395. The van der Waals surface area contributed by atoms with Crippen molar-refractivity contribution in [3.63, 3.8) is 0 Å². The lowest BCUT2D eigenvalue weighted by atomic mass is 9.72. The van der Waals surface area contributed by atoms with E-state index in [1.54, 1.807) is 0 Å². The first kappa shape index (κ1) is 14.1. The Morgan fingerprint density at radius 2 is 1.80 bits per heavy atom. The number of nitrogens with one attached hydrogen (secondary N) is 1. The number of hydrogen-bond acceptors (Lipinski definition) is 1. The Morgan fingerprint density at radius 1 is 1.00 bits per heavy atom. The average Bonchev–Trinajstić information content (AvgIpc) is 3.29. The molecule has 3 unspecified atom stereocenters. The lowest BCUT2D eigenvalue weighted by Gasteiger charge is -2.35. The van der Waals surface area contributed by atoms with Gasteiger partial charge in [-0.05, 0) is 68.4 Å². The predicted molar refractivity (Wildman–Crippen MR) is 85.8 cm³/mol. The molecule has 0 spiro atoms. The number of rotatable bonds is 6. The molecule has 0 aromatic heterocycles. The Kier molecular flexibility index (Phi) is 4.77. The Balaban J connectivity index is 1.51. The van der Waals surface area contributed by atoms with Gasteiger partial charge in [0.15, 0.2) is 0 Å². The summed E-state index contributed by atoms with van der Waals surface area (Å²) >= 11 is 0. The molecule has 0 aliphatic heterocycles. The van der Waals surface area contributed by atoms with Crippen LogP contribution in [0.3, 0.4) is 0 Å². The van der Waals surface area contributed by atoms with E-state index in [1.807, 2.05) is 0 Å². The van der Waals surface area contributed by atoms with E-state index >= 15 is 0 Å². The zero-order valence-corrected chi connectivity index (χ0v) is 12.9. The third kappa shape index (κ3) is 4.09. The molecule has 1 N–H and O–H groups in total. The molecule has 2 aliphatic carbocycles. The number of benzene rings is 1. The van der Waals surface area contributed by atoms with E-state index in [9.17, 15) is 0 Å². The summed E-state index contributed by atoms with van der Waals surface area (Å²) in [5, 5.41) is 3.77. The van der Waals surface area contributed by atoms with Crippen molar-refractivity contribution in [2.24, 2.45) is 17.8 Å². The van der Waals surface area contributed by atoms with Gasteiger partial charge in [0.2, 0.25) is 0 Å². The summed E-state index contributed by atoms with van der Waals surface area (Å²) in [4.78, 5) is 0. The van der Waals surface area contributed by atoms with Gasteiger partial charge in [0.05, 0.1) is 0 Å². The number of aryl methyl sites for hydroxylation is 1. The zero-order chi connectivity index (χ0) is 13.8. The lowest BCUT2D eigenvalue weighted by molar-refractivity contribution is 0.174. The van der Waals surface area contributed by atoms with Crippen molar-refractivity contribution in [2.45, 2.75) is 57.9 Å². The molecule has 1 nitrogen and oxygen atoms in total. The van der Waals surface area contributed by atoms with Crippen molar-refractivity contribution >= 4 is 0 Å². The van der Waals surface area contributed by atoms with Gasteiger partial charge in [0, 0.05) is 6.04 Å². The highest BCUT2D eigenvalue weighted by molar-refractivity contribution is 5.14. The lowest BCUT2D eigenvalue weighted by Crippen LogP contribution is -2.33. The van der Waals surface area contributed by atoms with E-state index in [0.717, 1.165) is 23.8 Å². The van der Waals surface area contributed by atoms with E-state index in [4.69, 9.17) is 0 Å². The fraction of sp³-hybridized carbons (Fsp3) is 0.684. The minimum Gasteiger partial charge on any atom is -0.314 e. The predicted octanol–water partition coefficient (Wildman–Crippen LogP) is 4.42. The first-order valence-corrected chi connectivity index (χ1v) is 8.58. The van der Waals surface area contributed by atoms with Crippen molar-refractivity contribution < 1.29 is 0 Å². The molecule has 2 fully saturated rings. The molecule has 3 rings (SSSR count). The Morgan fingerprint density at radius 3 is 2.55 bits per heavy atom. The molecule has 1 aromatic rings. The van der Waals surface area contributed by atoms with E-state index in [0.29, 0.717) is 0 Å². The van der Waals surface area contributed by atoms with Gasteiger partial charge < -0.3 is 5.32 Å². The molecule has 0 amide bonds. The molecule has 0 radical (unpaired) electrons. The first-order valence-electron chi connectivity index (χ1n) is 8.58. The summed E-state index contributed by atoms with van der Waals surface area (Å²) < 4.78 is 0. The third-order valence-electron chi connectivity index (χ3n) is 5.29. The zero-order valence-electron chi connectivity index (χ0n) is 12.9. The largest absolute Gasteiger partial charge is 0.314 e. The van der Waals surface area contributed by atoms with Crippen molar-refractivity contribution in [2.75, 3.05) is 6.54 Å². The molecule has 2 aliphatic rings. The van der Waals surface area contributed by atoms with Gasteiger partial charge >= 0.3 is 0 Å². The second-order valence-corrected chi connectivity index (χ2v) is 7.15. The van der Waals surface area contributed by atoms with Crippen LogP contribution in [0.15, 0.2) is 30.3 Å². The molecule has 1 aromatic carbocycles. The van der Waals surface area contributed by atoms with Gasteiger partial charge in [-0.15, -0.1) is 0 Å². The molecule has 0 saturated heterocycles. The van der Waals surface area contributed by atoms with Crippen molar-refractivity contribution in [3.05, 3.63) is 35.9 Å². The summed E-state index contributed by atoms with van der Waals surface area (Å²) in [6.45, 7) is 3.72. The van der Waals surface area contributed by atoms with Gasteiger partial charge in [0.1, 0.15) is 0 Å². The molecule has 2 saturated carbocycles. The van der Waals surface area contributed by atoms with E-state index < -0.39 is 0 Å². The molecule has 0 bridgehead atoms. The van der Waals surface area contributed by atoms with Crippen LogP contribution in [0.25, 0.3) is 0 Å². The van der Waals surface area contributed by atoms with Gasteiger partial charge in [-0.1, -0.05) is 43.7 Å². The molecule has 20 heavy (non-hydrogen) atoms. The van der Waals surface area contributed by atoms with Gasteiger partial charge in [-0.2, -0.15) is 0 Å². The average molecular weight is 271 g/mol. The minimum atomic E-state index is 0.865. The van der Waals surface area contributed by atoms with E-state index in [1.165, 1.54) is 57.1 Å². The van der Waals surface area contributed by atoms with Crippen LogP contribution in [0.1, 0.15) is 51.0 Å². The second-order valence-electron chi connectivity index (χ2n) is 7.15. The van der Waals surface area contributed by atoms with E-state index in [2.05, 4.69) is 42.6 Å². The smallest absolute Gasteiger partial charge is 0.00683 e. The standard InChI is InChI=1S/C19H29N/c1-15-7-9-18(14-20-19-11-12-19)17(13-15)10-8-16-5-3-2-4-6-16/h2-6,15,17-20H,7-14H2,1H3. The van der Waals surface area contributed by atoms with Crippen LogP contribution < -0.4 is 5.32 Å². The van der Waals surface area contributed by atoms with Gasteiger partial charge in [-0.3, -0.25) is 0 Å². The van der Waals surface area contributed by atoms with Crippen molar-refractivity contribution in [3.8, 4) is 0 Å². The molecular weight excluding hydrogens is 242 g/mol. The summed E-state index contributed by atoms with van der Waals surface area (Å²) in [7, 11) is 0. The van der Waals surface area contributed by atoms with Crippen molar-refractivity contribution in [1.82, 2.24) is 5.32 Å². The summed E-state index contributed by atoms with van der Waals surface area (Å²) in [6, 6.07) is 11.9. The van der Waals surface area contributed by atoms with Crippen LogP contribution in [-0.4, -0.2) is 12.6 Å². The third-order valence-corrected chi connectivity index (χ3v) is 5.29. The molecule has 0 heterocycles. The topological polar surface area (TPSA) is 12.0 Å². The molecule has 1 heteroatoms. The van der Waals surface area contributed by atoms with Crippen LogP contribution in [0.2, 0.25) is 0 Å². The monoisotopic (exact) mass is 271 g/mol. The molecular formula is C19H29N. The first-order chi connectivity index (χ1) is 9.81. The maximum atomic E-state index is 3.77.